The third-order valence-electron chi connectivity index (χ3n) is 9.14. The van der Waals surface area contributed by atoms with Crippen LogP contribution in [0.1, 0.15) is 39.5 Å². The molecule has 2 heterocycles. The SMILES string of the molecule is CC(=O)O[C@H]1C=C[C@]23OC(=O)[C@@]1(C)[C@H]2[C@H](C(=O)O)[C@@]12C[C@@](O)(CC[C@H]13)[C@@]1(CO1)C2. The Morgan fingerprint density at radius 1 is 1.31 bits per heavy atom. The van der Waals surface area contributed by atoms with Crippen LogP contribution in [0.2, 0.25) is 0 Å². The van der Waals surface area contributed by atoms with Crippen LogP contribution in [0.15, 0.2) is 12.2 Å². The molecular weight excluding hydrogens is 380 g/mol. The summed E-state index contributed by atoms with van der Waals surface area (Å²) in [6.07, 6.45) is 4.44. The van der Waals surface area contributed by atoms with E-state index in [0.29, 0.717) is 32.3 Å². The molecule has 9 atom stereocenters. The Balaban J connectivity index is 1.56. The van der Waals surface area contributed by atoms with Crippen LogP contribution in [0.5, 0.6) is 0 Å². The molecule has 29 heavy (non-hydrogen) atoms. The molecule has 0 aromatic heterocycles. The van der Waals surface area contributed by atoms with Gasteiger partial charge in [-0.15, -0.1) is 0 Å². The Morgan fingerprint density at radius 2 is 2.03 bits per heavy atom. The number of fused-ring (bicyclic) bond motifs is 2. The van der Waals surface area contributed by atoms with E-state index in [4.69, 9.17) is 14.2 Å². The molecule has 2 N–H and O–H groups in total. The van der Waals surface area contributed by atoms with E-state index in [9.17, 15) is 24.6 Å². The number of esters is 2. The fraction of sp³-hybridized carbons (Fsp3) is 0.762. The summed E-state index contributed by atoms with van der Waals surface area (Å²) in [4.78, 5) is 37.5. The molecule has 2 aliphatic heterocycles. The van der Waals surface area contributed by atoms with Crippen LogP contribution in [-0.4, -0.2) is 57.6 Å². The maximum atomic E-state index is 13.1. The van der Waals surface area contributed by atoms with Crippen molar-refractivity contribution >= 4 is 17.9 Å². The number of epoxide rings is 1. The first-order valence-corrected chi connectivity index (χ1v) is 10.2. The second-order valence-corrected chi connectivity index (χ2v) is 10.2. The zero-order valence-corrected chi connectivity index (χ0v) is 16.3. The molecule has 4 bridgehead atoms. The van der Waals surface area contributed by atoms with E-state index in [1.807, 2.05) is 0 Å². The Kier molecular flexibility index (Phi) is 2.90. The van der Waals surface area contributed by atoms with Crippen molar-refractivity contribution in [3.8, 4) is 0 Å². The Hall–Kier alpha value is -1.93. The minimum atomic E-state index is -1.28. The summed E-state index contributed by atoms with van der Waals surface area (Å²) >= 11 is 0. The van der Waals surface area contributed by atoms with Gasteiger partial charge in [-0.3, -0.25) is 14.4 Å². The molecular formula is C21H24O8. The lowest BCUT2D eigenvalue weighted by Crippen LogP contribution is -2.52. The largest absolute Gasteiger partial charge is 0.481 e. The number of hydrogen-bond donors (Lipinski definition) is 2. The normalized spacial score (nSPS) is 58.0. The van der Waals surface area contributed by atoms with Gasteiger partial charge < -0.3 is 24.4 Å². The summed E-state index contributed by atoms with van der Waals surface area (Å²) in [5, 5.41) is 21.7. The number of ether oxygens (including phenoxy) is 3. The van der Waals surface area contributed by atoms with Crippen molar-refractivity contribution in [3.63, 3.8) is 0 Å². The molecule has 0 amide bonds. The van der Waals surface area contributed by atoms with Crippen LogP contribution < -0.4 is 0 Å². The summed E-state index contributed by atoms with van der Waals surface area (Å²) in [6, 6.07) is 0. The molecule has 8 nitrogen and oxygen atoms in total. The fourth-order valence-electron chi connectivity index (χ4n) is 8.14. The van der Waals surface area contributed by atoms with Crippen molar-refractivity contribution in [1.82, 2.24) is 0 Å². The second kappa shape index (κ2) is 4.70. The second-order valence-electron chi connectivity index (χ2n) is 10.2. The van der Waals surface area contributed by atoms with Crippen molar-refractivity contribution in [2.24, 2.45) is 28.6 Å². The first-order chi connectivity index (χ1) is 13.5. The number of carboxylic acid groups (broad SMARTS) is 1. The molecule has 5 fully saturated rings. The maximum absolute atomic E-state index is 13.1. The number of rotatable bonds is 2. The van der Waals surface area contributed by atoms with E-state index < -0.39 is 63.5 Å². The summed E-state index contributed by atoms with van der Waals surface area (Å²) in [5.74, 6) is -3.83. The highest BCUT2D eigenvalue weighted by Gasteiger charge is 2.87. The minimum absolute atomic E-state index is 0.217. The third kappa shape index (κ3) is 1.67. The van der Waals surface area contributed by atoms with Gasteiger partial charge in [0.25, 0.3) is 0 Å². The molecule has 0 aromatic carbocycles. The van der Waals surface area contributed by atoms with E-state index in [1.54, 1.807) is 19.1 Å². The number of carboxylic acids is 1. The van der Waals surface area contributed by atoms with E-state index in [-0.39, 0.29) is 5.92 Å². The Morgan fingerprint density at radius 3 is 2.66 bits per heavy atom. The highest BCUT2D eigenvalue weighted by molar-refractivity contribution is 5.87. The van der Waals surface area contributed by atoms with Gasteiger partial charge in [0.2, 0.25) is 0 Å². The Bertz CT molecular complexity index is 902. The number of aliphatic carboxylic acids is 1. The van der Waals surface area contributed by atoms with Gasteiger partial charge in [0.15, 0.2) is 0 Å². The van der Waals surface area contributed by atoms with Crippen molar-refractivity contribution in [2.75, 3.05) is 6.61 Å². The smallest absolute Gasteiger partial charge is 0.317 e. The lowest BCUT2D eigenvalue weighted by molar-refractivity contribution is -0.167. The summed E-state index contributed by atoms with van der Waals surface area (Å²) in [7, 11) is 0. The summed E-state index contributed by atoms with van der Waals surface area (Å²) in [6.45, 7) is 3.37. The number of carbonyl (C=O) groups is 3. The number of carbonyl (C=O) groups excluding carboxylic acids is 2. The molecule has 156 valence electrons. The van der Waals surface area contributed by atoms with Crippen molar-refractivity contribution in [2.45, 2.75) is 62.4 Å². The average molecular weight is 404 g/mol. The predicted octanol–water partition coefficient (Wildman–Crippen LogP) is 0.811. The molecule has 0 unspecified atom stereocenters. The molecule has 3 saturated carbocycles. The highest BCUT2D eigenvalue weighted by Crippen LogP contribution is 2.80. The zero-order chi connectivity index (χ0) is 20.6. The summed E-state index contributed by atoms with van der Waals surface area (Å²) < 4.78 is 17.2. The fourth-order valence-corrected chi connectivity index (χ4v) is 8.14. The molecule has 6 aliphatic rings. The van der Waals surface area contributed by atoms with Crippen molar-refractivity contribution in [3.05, 3.63) is 12.2 Å². The molecule has 0 aromatic rings. The predicted molar refractivity (Wildman–Crippen MR) is 94.3 cm³/mol. The van der Waals surface area contributed by atoms with Crippen LogP contribution in [0.3, 0.4) is 0 Å². The standard InChI is InChI=1S/C21H24O8/c1-10(22)28-12-4-6-21-11-3-5-19(26)7-18(11,8-20(19)9-27-20)13(15(23)24)14(21)17(12,2)16(25)29-21/h4,6,11-14,26H,3,5,7-9H2,1-2H3,(H,23,24)/t11-,12+,13-,14-,17-,18-,19+,20+,21-/m1/s1. The van der Waals surface area contributed by atoms with Gasteiger partial charge in [0, 0.05) is 18.8 Å². The lowest BCUT2D eigenvalue weighted by atomic mass is 9.61. The topological polar surface area (TPSA) is 123 Å². The van der Waals surface area contributed by atoms with E-state index in [0.717, 1.165) is 0 Å². The molecule has 8 heteroatoms. The zero-order valence-electron chi connectivity index (χ0n) is 16.3. The molecule has 2 spiro atoms. The van der Waals surface area contributed by atoms with Gasteiger partial charge in [-0.2, -0.15) is 0 Å². The van der Waals surface area contributed by atoms with Crippen LogP contribution >= 0.6 is 0 Å². The van der Waals surface area contributed by atoms with Gasteiger partial charge in [-0.25, -0.2) is 0 Å². The van der Waals surface area contributed by atoms with E-state index in [2.05, 4.69) is 0 Å². The van der Waals surface area contributed by atoms with Crippen LogP contribution in [0, 0.1) is 28.6 Å². The van der Waals surface area contributed by atoms with Crippen LogP contribution in [-0.2, 0) is 28.6 Å². The first-order valence-electron chi connectivity index (χ1n) is 10.2. The van der Waals surface area contributed by atoms with Gasteiger partial charge >= 0.3 is 17.9 Å². The molecule has 0 radical (unpaired) electrons. The van der Waals surface area contributed by atoms with Crippen LogP contribution in [0.4, 0.5) is 0 Å². The number of aliphatic hydroxyl groups is 1. The summed E-state index contributed by atoms with van der Waals surface area (Å²) in [5.41, 5.74) is -4.77. The number of hydrogen-bond acceptors (Lipinski definition) is 7. The third-order valence-corrected chi connectivity index (χ3v) is 9.14. The Labute approximate surface area is 167 Å². The molecule has 4 aliphatic carbocycles. The molecule has 6 rings (SSSR count). The lowest BCUT2D eigenvalue weighted by Gasteiger charge is -2.44. The first kappa shape index (κ1) is 17.9. The van der Waals surface area contributed by atoms with E-state index >= 15 is 0 Å². The van der Waals surface area contributed by atoms with Gasteiger partial charge in [-0.05, 0) is 50.2 Å². The van der Waals surface area contributed by atoms with Gasteiger partial charge in [0.05, 0.1) is 18.1 Å². The monoisotopic (exact) mass is 404 g/mol. The van der Waals surface area contributed by atoms with Crippen molar-refractivity contribution < 1.29 is 38.8 Å². The van der Waals surface area contributed by atoms with E-state index in [1.165, 1.54) is 6.92 Å². The molecule has 2 saturated heterocycles. The average Bonchev–Trinajstić information content (AvgIpc) is 3.28. The van der Waals surface area contributed by atoms with Gasteiger partial charge in [-0.1, -0.05) is 0 Å². The van der Waals surface area contributed by atoms with Crippen LogP contribution in [0.25, 0.3) is 0 Å². The minimum Gasteiger partial charge on any atom is -0.481 e. The quantitative estimate of drug-likeness (QED) is 0.394. The highest BCUT2D eigenvalue weighted by atomic mass is 16.6. The van der Waals surface area contributed by atoms with Gasteiger partial charge in [0.1, 0.15) is 22.7 Å². The maximum Gasteiger partial charge on any atom is 0.317 e. The van der Waals surface area contributed by atoms with Crippen molar-refractivity contribution in [1.29, 1.82) is 0 Å².